The van der Waals surface area contributed by atoms with E-state index in [9.17, 15) is 9.18 Å². The highest BCUT2D eigenvalue weighted by Gasteiger charge is 2.09. The van der Waals surface area contributed by atoms with Gasteiger partial charge < -0.3 is 10.3 Å². The zero-order valence-electron chi connectivity index (χ0n) is 14.4. The van der Waals surface area contributed by atoms with Gasteiger partial charge in [0.15, 0.2) is 0 Å². The molecular weight excluding hydrogens is 365 g/mol. The summed E-state index contributed by atoms with van der Waals surface area (Å²) in [4.78, 5) is 19.9. The molecule has 0 bridgehead atoms. The Morgan fingerprint density at radius 1 is 1.07 bits per heavy atom. The summed E-state index contributed by atoms with van der Waals surface area (Å²) in [5.41, 5.74) is 4.24. The number of benzene rings is 3. The molecule has 1 aromatic heterocycles. The van der Waals surface area contributed by atoms with E-state index in [2.05, 4.69) is 15.3 Å². The predicted molar refractivity (Wildman–Crippen MR) is 106 cm³/mol. The Kier molecular flexibility index (Phi) is 4.38. The number of nitrogens with zero attached hydrogens (tertiary/aromatic N) is 1. The molecular formula is C21H15ClFN3O. The van der Waals surface area contributed by atoms with Crippen molar-refractivity contribution in [3.8, 4) is 11.4 Å². The van der Waals surface area contributed by atoms with Crippen molar-refractivity contribution >= 4 is 34.2 Å². The Morgan fingerprint density at radius 2 is 1.85 bits per heavy atom. The second-order valence-corrected chi connectivity index (χ2v) is 6.65. The number of anilines is 1. The average Bonchev–Trinajstić information content (AvgIpc) is 3.07. The summed E-state index contributed by atoms with van der Waals surface area (Å²) in [5, 5.41) is 3.39. The molecule has 0 aliphatic carbocycles. The van der Waals surface area contributed by atoms with Crippen molar-refractivity contribution in [2.45, 2.75) is 6.92 Å². The van der Waals surface area contributed by atoms with Crippen molar-refractivity contribution in [2.24, 2.45) is 0 Å². The van der Waals surface area contributed by atoms with E-state index in [1.165, 1.54) is 12.1 Å². The van der Waals surface area contributed by atoms with Crippen LogP contribution in [0.3, 0.4) is 0 Å². The lowest BCUT2D eigenvalue weighted by Crippen LogP contribution is -2.11. The number of H-pyrrole nitrogens is 1. The van der Waals surface area contributed by atoms with Gasteiger partial charge in [0.1, 0.15) is 11.6 Å². The largest absolute Gasteiger partial charge is 0.338 e. The summed E-state index contributed by atoms with van der Waals surface area (Å²) in [5.74, 6) is 0.0922. The Hall–Kier alpha value is -3.18. The fourth-order valence-corrected chi connectivity index (χ4v) is 2.95. The molecule has 6 heteroatoms. The van der Waals surface area contributed by atoms with Gasteiger partial charge in [0, 0.05) is 21.8 Å². The molecule has 4 rings (SSSR count). The van der Waals surface area contributed by atoms with E-state index < -0.39 is 0 Å². The Morgan fingerprint density at radius 3 is 2.59 bits per heavy atom. The first-order valence-corrected chi connectivity index (χ1v) is 8.70. The van der Waals surface area contributed by atoms with Crippen LogP contribution in [0.25, 0.3) is 22.4 Å². The molecule has 0 fully saturated rings. The minimum absolute atomic E-state index is 0.233. The lowest BCUT2D eigenvalue weighted by molar-refractivity contribution is 0.102. The second-order valence-electron chi connectivity index (χ2n) is 6.24. The van der Waals surface area contributed by atoms with Crippen molar-refractivity contribution in [3.63, 3.8) is 0 Å². The molecule has 0 unspecified atom stereocenters. The molecule has 2 N–H and O–H groups in total. The van der Waals surface area contributed by atoms with Crippen molar-refractivity contribution in [2.75, 3.05) is 5.32 Å². The highest BCUT2D eigenvalue weighted by molar-refractivity contribution is 6.31. The number of hydrogen-bond acceptors (Lipinski definition) is 2. The maximum atomic E-state index is 13.3. The van der Waals surface area contributed by atoms with E-state index in [1.807, 2.05) is 25.1 Å². The van der Waals surface area contributed by atoms with Crippen LogP contribution in [0.15, 0.2) is 60.7 Å². The maximum Gasteiger partial charge on any atom is 0.255 e. The highest BCUT2D eigenvalue weighted by Crippen LogP contribution is 2.23. The summed E-state index contributed by atoms with van der Waals surface area (Å²) in [7, 11) is 0. The lowest BCUT2D eigenvalue weighted by Gasteiger charge is -2.07. The SMILES string of the molecule is Cc1ccc(C(=O)Nc2ccc(-c3nc4ccc(F)cc4[nH]3)cc2)cc1Cl. The number of nitrogens with one attached hydrogen (secondary N) is 2. The van der Waals surface area contributed by atoms with Gasteiger partial charge in [-0.15, -0.1) is 0 Å². The minimum Gasteiger partial charge on any atom is -0.338 e. The number of carbonyl (C=O) groups is 1. The number of aromatic nitrogens is 2. The number of hydrogen-bond donors (Lipinski definition) is 2. The van der Waals surface area contributed by atoms with Crippen LogP contribution < -0.4 is 5.32 Å². The van der Waals surface area contributed by atoms with E-state index in [4.69, 9.17) is 11.6 Å². The first-order valence-electron chi connectivity index (χ1n) is 8.33. The van der Waals surface area contributed by atoms with Crippen LogP contribution in [0.2, 0.25) is 5.02 Å². The summed E-state index contributed by atoms with van der Waals surface area (Å²) in [6.45, 7) is 1.88. The number of fused-ring (bicyclic) bond motifs is 1. The van der Waals surface area contributed by atoms with Gasteiger partial charge in [-0.1, -0.05) is 17.7 Å². The number of amides is 1. The van der Waals surface area contributed by atoms with Gasteiger partial charge in [0.05, 0.1) is 11.0 Å². The summed E-state index contributed by atoms with van der Waals surface area (Å²) < 4.78 is 13.3. The van der Waals surface area contributed by atoms with Crippen LogP contribution in [0.4, 0.5) is 10.1 Å². The number of carbonyl (C=O) groups excluding carboxylic acids is 1. The molecule has 3 aromatic carbocycles. The molecule has 4 nitrogen and oxygen atoms in total. The van der Waals surface area contributed by atoms with Gasteiger partial charge in [0.2, 0.25) is 0 Å². The van der Waals surface area contributed by atoms with E-state index >= 15 is 0 Å². The third kappa shape index (κ3) is 3.55. The molecule has 0 aliphatic heterocycles. The smallest absolute Gasteiger partial charge is 0.255 e. The summed E-state index contributed by atoms with van der Waals surface area (Å²) in [6, 6.07) is 16.9. The van der Waals surface area contributed by atoms with E-state index in [0.29, 0.717) is 33.1 Å². The van der Waals surface area contributed by atoms with Crippen LogP contribution in [-0.2, 0) is 0 Å². The molecule has 1 amide bonds. The van der Waals surface area contributed by atoms with E-state index in [-0.39, 0.29) is 11.7 Å². The molecule has 1 heterocycles. The third-order valence-electron chi connectivity index (χ3n) is 4.29. The number of rotatable bonds is 3. The normalized spacial score (nSPS) is 10.9. The molecule has 0 aliphatic rings. The standard InChI is InChI=1S/C21H15ClFN3O/c1-12-2-3-14(10-17(12)22)21(27)24-16-7-4-13(5-8-16)20-25-18-9-6-15(23)11-19(18)26-20/h2-11H,1H3,(H,24,27)(H,25,26). The summed E-state index contributed by atoms with van der Waals surface area (Å²) in [6.07, 6.45) is 0. The fraction of sp³-hybridized carbons (Fsp3) is 0.0476. The molecule has 27 heavy (non-hydrogen) atoms. The second kappa shape index (κ2) is 6.85. The Bertz CT molecular complexity index is 1150. The van der Waals surface area contributed by atoms with Crippen molar-refractivity contribution in [1.29, 1.82) is 0 Å². The lowest BCUT2D eigenvalue weighted by atomic mass is 10.1. The van der Waals surface area contributed by atoms with Gasteiger partial charge in [-0.25, -0.2) is 9.37 Å². The topological polar surface area (TPSA) is 57.8 Å². The summed E-state index contributed by atoms with van der Waals surface area (Å²) >= 11 is 6.08. The molecule has 0 saturated heterocycles. The van der Waals surface area contributed by atoms with E-state index in [0.717, 1.165) is 11.1 Å². The van der Waals surface area contributed by atoms with Crippen LogP contribution in [-0.4, -0.2) is 15.9 Å². The van der Waals surface area contributed by atoms with Crippen LogP contribution in [0.1, 0.15) is 15.9 Å². The monoisotopic (exact) mass is 379 g/mol. The molecule has 0 atom stereocenters. The minimum atomic E-state index is -0.313. The number of aromatic amines is 1. The first-order chi connectivity index (χ1) is 13.0. The quantitative estimate of drug-likeness (QED) is 0.488. The number of halogens is 2. The molecule has 134 valence electrons. The van der Waals surface area contributed by atoms with Gasteiger partial charge >= 0.3 is 0 Å². The Labute approximate surface area is 160 Å². The van der Waals surface area contributed by atoms with Crippen LogP contribution >= 0.6 is 11.6 Å². The van der Waals surface area contributed by atoms with Gasteiger partial charge in [-0.05, 0) is 67.1 Å². The van der Waals surface area contributed by atoms with Crippen LogP contribution in [0, 0.1) is 12.7 Å². The maximum absolute atomic E-state index is 13.3. The molecule has 0 spiro atoms. The zero-order chi connectivity index (χ0) is 19.0. The van der Waals surface area contributed by atoms with Crippen molar-refractivity contribution in [1.82, 2.24) is 9.97 Å². The Balaban J connectivity index is 1.54. The van der Waals surface area contributed by atoms with Crippen molar-refractivity contribution in [3.05, 3.63) is 82.6 Å². The van der Waals surface area contributed by atoms with Gasteiger partial charge in [-0.2, -0.15) is 0 Å². The molecule has 0 radical (unpaired) electrons. The first kappa shape index (κ1) is 17.2. The third-order valence-corrected chi connectivity index (χ3v) is 4.70. The van der Waals surface area contributed by atoms with Gasteiger partial charge in [-0.3, -0.25) is 4.79 Å². The number of aryl methyl sites for hydroxylation is 1. The van der Waals surface area contributed by atoms with Crippen molar-refractivity contribution < 1.29 is 9.18 Å². The fourth-order valence-electron chi connectivity index (χ4n) is 2.77. The molecule has 0 saturated carbocycles. The zero-order valence-corrected chi connectivity index (χ0v) is 15.1. The predicted octanol–water partition coefficient (Wildman–Crippen LogP) is 5.58. The van der Waals surface area contributed by atoms with Crippen LogP contribution in [0.5, 0.6) is 0 Å². The van der Waals surface area contributed by atoms with E-state index in [1.54, 1.807) is 30.3 Å². The molecule has 4 aromatic rings. The number of imidazole rings is 1. The average molecular weight is 380 g/mol. The van der Waals surface area contributed by atoms with Gasteiger partial charge in [0.25, 0.3) is 5.91 Å². The highest BCUT2D eigenvalue weighted by atomic mass is 35.5.